The van der Waals surface area contributed by atoms with Gasteiger partial charge in [0, 0.05) is 12.1 Å². The van der Waals surface area contributed by atoms with Crippen molar-refractivity contribution in [2.24, 2.45) is 0 Å². The number of rotatable bonds is 2. The van der Waals surface area contributed by atoms with Crippen LogP contribution in [0.15, 0.2) is 18.2 Å². The van der Waals surface area contributed by atoms with Crippen molar-refractivity contribution in [3.8, 4) is 5.75 Å². The van der Waals surface area contributed by atoms with E-state index in [2.05, 4.69) is 5.32 Å². The van der Waals surface area contributed by atoms with Gasteiger partial charge in [0.1, 0.15) is 12.0 Å². The van der Waals surface area contributed by atoms with Crippen molar-refractivity contribution in [1.82, 2.24) is 5.32 Å². The molecule has 1 aromatic rings. The molecule has 1 aliphatic heterocycles. The summed E-state index contributed by atoms with van der Waals surface area (Å²) in [5.74, 6) is 0.559. The molecule has 1 aliphatic rings. The lowest BCUT2D eigenvalue weighted by atomic mass is 9.88. The smallest absolute Gasteiger partial charge is 0.150 e. The summed E-state index contributed by atoms with van der Waals surface area (Å²) in [5.41, 5.74) is 1.67. The number of aldehydes is 1. The first kappa shape index (κ1) is 10.2. The highest BCUT2D eigenvalue weighted by Crippen LogP contribution is 2.27. The van der Waals surface area contributed by atoms with Crippen LogP contribution in [0.5, 0.6) is 5.75 Å². The van der Waals surface area contributed by atoms with Crippen LogP contribution in [0.1, 0.15) is 34.7 Å². The number of carbonyl (C=O) groups is 1. The highest BCUT2D eigenvalue weighted by Gasteiger charge is 2.17. The molecular weight excluding hydrogens is 190 g/mol. The van der Waals surface area contributed by atoms with E-state index < -0.39 is 0 Å². The van der Waals surface area contributed by atoms with Crippen LogP contribution in [-0.4, -0.2) is 24.5 Å². The largest absolute Gasteiger partial charge is 0.508 e. The van der Waals surface area contributed by atoms with Crippen LogP contribution < -0.4 is 5.32 Å². The predicted octanol–water partition coefficient (Wildman–Crippen LogP) is 1.67. The third-order valence-corrected chi connectivity index (χ3v) is 2.93. The average Bonchev–Trinajstić information content (AvgIpc) is 2.30. The van der Waals surface area contributed by atoms with Gasteiger partial charge < -0.3 is 10.4 Å². The number of hydrogen-bond acceptors (Lipinski definition) is 3. The minimum absolute atomic E-state index is 0.157. The van der Waals surface area contributed by atoms with E-state index >= 15 is 0 Å². The number of hydrogen-bond donors (Lipinski definition) is 2. The quantitative estimate of drug-likeness (QED) is 0.722. The Morgan fingerprint density at radius 1 is 1.47 bits per heavy atom. The van der Waals surface area contributed by atoms with E-state index in [1.807, 2.05) is 6.07 Å². The Morgan fingerprint density at radius 3 is 3.00 bits per heavy atom. The Bertz CT molecular complexity index is 357. The highest BCUT2D eigenvalue weighted by molar-refractivity contribution is 5.78. The van der Waals surface area contributed by atoms with Gasteiger partial charge in [-0.25, -0.2) is 0 Å². The van der Waals surface area contributed by atoms with E-state index in [1.54, 1.807) is 6.07 Å². The molecule has 1 heterocycles. The minimum atomic E-state index is 0.157. The van der Waals surface area contributed by atoms with E-state index in [1.165, 1.54) is 6.07 Å². The first-order chi connectivity index (χ1) is 7.31. The van der Waals surface area contributed by atoms with Crippen molar-refractivity contribution < 1.29 is 9.90 Å². The third-order valence-electron chi connectivity index (χ3n) is 2.93. The van der Waals surface area contributed by atoms with Gasteiger partial charge in [0.2, 0.25) is 0 Å². The zero-order valence-electron chi connectivity index (χ0n) is 8.57. The number of piperidine rings is 1. The maximum Gasteiger partial charge on any atom is 0.150 e. The molecule has 2 rings (SSSR count). The van der Waals surface area contributed by atoms with Gasteiger partial charge in [-0.2, -0.15) is 0 Å². The first-order valence-electron chi connectivity index (χ1n) is 5.30. The minimum Gasteiger partial charge on any atom is -0.508 e. The molecule has 15 heavy (non-hydrogen) atoms. The number of benzene rings is 1. The van der Waals surface area contributed by atoms with Gasteiger partial charge in [0.05, 0.1) is 0 Å². The van der Waals surface area contributed by atoms with E-state index in [0.29, 0.717) is 11.5 Å². The van der Waals surface area contributed by atoms with Gasteiger partial charge in [-0.05, 0) is 43.0 Å². The molecule has 0 aliphatic carbocycles. The molecule has 1 saturated heterocycles. The van der Waals surface area contributed by atoms with Crippen LogP contribution in [0.4, 0.5) is 0 Å². The molecule has 80 valence electrons. The number of carbonyl (C=O) groups excluding carboxylic acids is 1. The van der Waals surface area contributed by atoms with Gasteiger partial charge in [0.15, 0.2) is 0 Å². The molecule has 1 atom stereocenters. The number of phenols is 1. The molecule has 3 heteroatoms. The fourth-order valence-corrected chi connectivity index (χ4v) is 2.15. The fraction of sp³-hybridized carbons (Fsp3) is 0.417. The Labute approximate surface area is 89.1 Å². The van der Waals surface area contributed by atoms with Crippen LogP contribution in [0.2, 0.25) is 0 Å². The maximum atomic E-state index is 10.9. The zero-order chi connectivity index (χ0) is 10.7. The second-order valence-electron chi connectivity index (χ2n) is 3.97. The van der Waals surface area contributed by atoms with Crippen molar-refractivity contribution in [3.63, 3.8) is 0 Å². The molecule has 2 N–H and O–H groups in total. The van der Waals surface area contributed by atoms with Crippen LogP contribution in [0.3, 0.4) is 0 Å². The summed E-state index contributed by atoms with van der Waals surface area (Å²) < 4.78 is 0. The number of aromatic hydroxyl groups is 1. The lowest BCUT2D eigenvalue weighted by Crippen LogP contribution is -2.28. The average molecular weight is 205 g/mol. The molecule has 1 aromatic carbocycles. The van der Waals surface area contributed by atoms with Crippen molar-refractivity contribution >= 4 is 6.29 Å². The van der Waals surface area contributed by atoms with Gasteiger partial charge in [-0.15, -0.1) is 0 Å². The summed E-state index contributed by atoms with van der Waals surface area (Å²) in [4.78, 5) is 10.9. The van der Waals surface area contributed by atoms with Crippen LogP contribution in [-0.2, 0) is 0 Å². The SMILES string of the molecule is O=Cc1cc(O)ccc1C1CCCNC1. The summed E-state index contributed by atoms with van der Waals surface area (Å²) in [6.07, 6.45) is 3.08. The van der Waals surface area contributed by atoms with Crippen molar-refractivity contribution in [2.45, 2.75) is 18.8 Å². The Morgan fingerprint density at radius 2 is 2.33 bits per heavy atom. The molecule has 0 amide bonds. The molecule has 3 nitrogen and oxygen atoms in total. The third kappa shape index (κ3) is 2.18. The van der Waals surface area contributed by atoms with E-state index in [4.69, 9.17) is 0 Å². The van der Waals surface area contributed by atoms with Gasteiger partial charge >= 0.3 is 0 Å². The topological polar surface area (TPSA) is 49.3 Å². The van der Waals surface area contributed by atoms with E-state index in [9.17, 15) is 9.90 Å². The van der Waals surface area contributed by atoms with Gasteiger partial charge in [-0.1, -0.05) is 6.07 Å². The Hall–Kier alpha value is -1.35. The van der Waals surface area contributed by atoms with Crippen molar-refractivity contribution in [2.75, 3.05) is 13.1 Å². The lowest BCUT2D eigenvalue weighted by molar-refractivity contribution is 0.112. The summed E-state index contributed by atoms with van der Waals surface area (Å²) in [7, 11) is 0. The molecule has 0 radical (unpaired) electrons. The molecule has 0 bridgehead atoms. The normalized spacial score (nSPS) is 21.2. The molecule has 0 spiro atoms. The standard InChI is InChI=1S/C12H15NO2/c14-8-10-6-11(15)3-4-12(10)9-2-1-5-13-7-9/h3-4,6,8-9,13,15H,1-2,5,7H2. The summed E-state index contributed by atoms with van der Waals surface area (Å²) in [6, 6.07) is 5.05. The second-order valence-corrected chi connectivity index (χ2v) is 3.97. The zero-order valence-corrected chi connectivity index (χ0v) is 8.57. The van der Waals surface area contributed by atoms with E-state index in [0.717, 1.165) is 37.8 Å². The Kier molecular flexibility index (Phi) is 3.02. The molecular formula is C12H15NO2. The predicted molar refractivity (Wildman–Crippen MR) is 58.3 cm³/mol. The van der Waals surface area contributed by atoms with Gasteiger partial charge in [-0.3, -0.25) is 4.79 Å². The van der Waals surface area contributed by atoms with E-state index in [-0.39, 0.29) is 5.75 Å². The molecule has 1 fully saturated rings. The number of phenolic OH excluding ortho intramolecular Hbond substituents is 1. The highest BCUT2D eigenvalue weighted by atomic mass is 16.3. The monoisotopic (exact) mass is 205 g/mol. The molecule has 0 aromatic heterocycles. The summed E-state index contributed by atoms with van der Waals surface area (Å²) >= 11 is 0. The molecule has 1 unspecified atom stereocenters. The van der Waals surface area contributed by atoms with Crippen LogP contribution in [0.25, 0.3) is 0 Å². The summed E-state index contributed by atoms with van der Waals surface area (Å²) in [5, 5.41) is 12.6. The van der Waals surface area contributed by atoms with Crippen molar-refractivity contribution in [1.29, 1.82) is 0 Å². The van der Waals surface area contributed by atoms with Crippen molar-refractivity contribution in [3.05, 3.63) is 29.3 Å². The first-order valence-corrected chi connectivity index (χ1v) is 5.30. The number of nitrogens with one attached hydrogen (secondary N) is 1. The van der Waals surface area contributed by atoms with Crippen LogP contribution >= 0.6 is 0 Å². The Balaban J connectivity index is 2.29. The van der Waals surface area contributed by atoms with Crippen LogP contribution in [0, 0.1) is 0 Å². The fourth-order valence-electron chi connectivity index (χ4n) is 2.15. The lowest BCUT2D eigenvalue weighted by Gasteiger charge is -2.24. The van der Waals surface area contributed by atoms with Gasteiger partial charge in [0.25, 0.3) is 0 Å². The summed E-state index contributed by atoms with van der Waals surface area (Å²) in [6.45, 7) is 1.98. The second kappa shape index (κ2) is 4.45. The maximum absolute atomic E-state index is 10.9. The molecule has 0 saturated carbocycles.